The van der Waals surface area contributed by atoms with Gasteiger partial charge in [0.15, 0.2) is 5.82 Å². The van der Waals surface area contributed by atoms with Gasteiger partial charge in [0, 0.05) is 33.8 Å². The zero-order chi connectivity index (χ0) is 28.9. The van der Waals surface area contributed by atoms with Crippen LogP contribution in [0.5, 0.6) is 5.75 Å². The summed E-state index contributed by atoms with van der Waals surface area (Å²) in [4.78, 5) is 41.1. The average Bonchev–Trinajstić information content (AvgIpc) is 2.97. The first-order valence-corrected chi connectivity index (χ1v) is 13.1. The van der Waals surface area contributed by atoms with Gasteiger partial charge in [0.1, 0.15) is 5.75 Å². The molecule has 0 aliphatic rings. The van der Waals surface area contributed by atoms with E-state index in [0.717, 1.165) is 5.56 Å². The molecule has 0 radical (unpaired) electrons. The molecule has 4 aromatic carbocycles. The second kappa shape index (κ2) is 11.9. The molecule has 0 spiro atoms. The number of nitrogens with zero attached hydrogens (tertiary/aromatic N) is 4. The van der Waals surface area contributed by atoms with Gasteiger partial charge < -0.3 is 4.74 Å². The van der Waals surface area contributed by atoms with Gasteiger partial charge in [-0.05, 0) is 61.0 Å². The van der Waals surface area contributed by atoms with Gasteiger partial charge in [0.05, 0.1) is 22.0 Å². The Balaban J connectivity index is 1.48. The summed E-state index contributed by atoms with van der Waals surface area (Å²) in [5.41, 5.74) is 2.97. The van der Waals surface area contributed by atoms with Crippen LogP contribution in [0.1, 0.15) is 16.7 Å². The monoisotopic (exact) mass is 608 g/mol. The minimum absolute atomic E-state index is 0.0465. The first-order chi connectivity index (χ1) is 19.8. The summed E-state index contributed by atoms with van der Waals surface area (Å²) in [6.07, 6.45) is 4.15. The van der Waals surface area contributed by atoms with Gasteiger partial charge in [-0.25, -0.2) is 9.78 Å². The van der Waals surface area contributed by atoms with E-state index < -0.39 is 10.9 Å². The maximum Gasteiger partial charge on any atom is 0.336 e. The van der Waals surface area contributed by atoms with Crippen LogP contribution < -0.4 is 10.3 Å². The molecule has 9 nitrogen and oxygen atoms in total. The number of non-ortho nitro benzene ring substituents is 1. The summed E-state index contributed by atoms with van der Waals surface area (Å²) in [6.45, 7) is 1.97. The van der Waals surface area contributed by atoms with Crippen molar-refractivity contribution in [1.82, 2.24) is 9.66 Å². The Morgan fingerprint density at radius 2 is 1.76 bits per heavy atom. The zero-order valence-electron chi connectivity index (χ0n) is 21.6. The van der Waals surface area contributed by atoms with Crippen molar-refractivity contribution in [2.45, 2.75) is 6.92 Å². The highest BCUT2D eigenvalue weighted by Crippen LogP contribution is 2.24. The highest BCUT2D eigenvalue weighted by Gasteiger charge is 2.13. The SMILES string of the molecule is Cc1ccc(-c2nc3ccccc3c(=O)n2N=Cc2cc(Br)ccc2OC(=O)/C=C/c2ccc([N+](=O)[O-])cc2)cc1. The number of nitro groups is 1. The van der Waals surface area contributed by atoms with Crippen molar-refractivity contribution in [3.05, 3.63) is 139 Å². The first kappa shape index (κ1) is 27.4. The Kier molecular flexibility index (Phi) is 7.93. The van der Waals surface area contributed by atoms with Crippen molar-refractivity contribution >= 4 is 50.8 Å². The fourth-order valence-corrected chi connectivity index (χ4v) is 4.35. The molecule has 0 amide bonds. The predicted molar refractivity (Wildman–Crippen MR) is 161 cm³/mol. The van der Waals surface area contributed by atoms with E-state index in [2.05, 4.69) is 21.0 Å². The molecule has 0 saturated heterocycles. The lowest BCUT2D eigenvalue weighted by Crippen LogP contribution is -2.20. The quantitative estimate of drug-likeness (QED) is 0.0517. The molecule has 0 aliphatic heterocycles. The predicted octanol–water partition coefficient (Wildman–Crippen LogP) is 6.54. The molecule has 0 atom stereocenters. The summed E-state index contributed by atoms with van der Waals surface area (Å²) in [6, 6.07) is 25.4. The Morgan fingerprint density at radius 3 is 2.49 bits per heavy atom. The number of benzene rings is 4. The number of nitro benzene ring substituents is 1. The van der Waals surface area contributed by atoms with E-state index in [0.29, 0.717) is 37.9 Å². The number of ether oxygens (including phenoxy) is 1. The summed E-state index contributed by atoms with van der Waals surface area (Å²) in [5.74, 6) is -0.0799. The second-order valence-corrected chi connectivity index (χ2v) is 9.88. The zero-order valence-corrected chi connectivity index (χ0v) is 23.2. The number of rotatable bonds is 7. The third-order valence-corrected chi connectivity index (χ3v) is 6.57. The molecule has 41 heavy (non-hydrogen) atoms. The fourth-order valence-electron chi connectivity index (χ4n) is 3.97. The van der Waals surface area contributed by atoms with Crippen molar-refractivity contribution in [3.63, 3.8) is 0 Å². The normalized spacial score (nSPS) is 11.4. The Bertz CT molecular complexity index is 1900. The van der Waals surface area contributed by atoms with Crippen molar-refractivity contribution < 1.29 is 14.5 Å². The van der Waals surface area contributed by atoms with Crippen LogP contribution in [0, 0.1) is 17.0 Å². The molecule has 0 bridgehead atoms. The number of hydrogen-bond acceptors (Lipinski definition) is 7. The highest BCUT2D eigenvalue weighted by molar-refractivity contribution is 9.10. The molecule has 202 valence electrons. The van der Waals surface area contributed by atoms with E-state index in [1.54, 1.807) is 36.4 Å². The summed E-state index contributed by atoms with van der Waals surface area (Å²) < 4.78 is 7.49. The highest BCUT2D eigenvalue weighted by atomic mass is 79.9. The lowest BCUT2D eigenvalue weighted by Gasteiger charge is -2.10. The molecule has 0 fully saturated rings. The van der Waals surface area contributed by atoms with E-state index in [1.807, 2.05) is 37.3 Å². The van der Waals surface area contributed by atoms with Gasteiger partial charge in [-0.15, -0.1) is 0 Å². The van der Waals surface area contributed by atoms with E-state index in [9.17, 15) is 19.7 Å². The number of aryl methyl sites for hydroxylation is 1. The third-order valence-electron chi connectivity index (χ3n) is 6.07. The fraction of sp³-hybridized carbons (Fsp3) is 0.0323. The van der Waals surface area contributed by atoms with Gasteiger partial charge in [0.25, 0.3) is 11.2 Å². The van der Waals surface area contributed by atoms with Gasteiger partial charge in [0.2, 0.25) is 0 Å². The minimum atomic E-state index is -0.662. The number of carbonyl (C=O) groups is 1. The van der Waals surface area contributed by atoms with E-state index in [-0.39, 0.29) is 17.0 Å². The molecule has 0 saturated carbocycles. The number of para-hydroxylation sites is 1. The standard InChI is InChI=1S/C31H21BrN4O5/c1-20-6-11-22(12-7-20)30-34-27-5-3-2-4-26(27)31(38)35(30)33-19-23-18-24(32)13-16-28(23)41-29(37)17-10-21-8-14-25(15-9-21)36(39)40/h2-19H,1H3/b17-10+,33-19?. The number of aromatic nitrogens is 2. The van der Waals surface area contributed by atoms with Gasteiger partial charge in [-0.2, -0.15) is 9.78 Å². The molecular formula is C31H21BrN4O5. The average molecular weight is 609 g/mol. The first-order valence-electron chi connectivity index (χ1n) is 12.4. The number of carbonyl (C=O) groups excluding carboxylic acids is 1. The lowest BCUT2D eigenvalue weighted by molar-refractivity contribution is -0.384. The van der Waals surface area contributed by atoms with Crippen LogP contribution in [-0.4, -0.2) is 26.8 Å². The number of esters is 1. The van der Waals surface area contributed by atoms with Crippen LogP contribution in [0.15, 0.2) is 111 Å². The molecule has 0 N–H and O–H groups in total. The summed E-state index contributed by atoms with van der Waals surface area (Å²) in [5, 5.41) is 15.7. The third kappa shape index (κ3) is 6.34. The molecule has 0 unspecified atom stereocenters. The second-order valence-electron chi connectivity index (χ2n) is 8.97. The Hall–Kier alpha value is -5.22. The van der Waals surface area contributed by atoms with Crippen molar-refractivity contribution in [2.75, 3.05) is 0 Å². The van der Waals surface area contributed by atoms with Gasteiger partial charge in [-0.3, -0.25) is 14.9 Å². The molecule has 5 rings (SSSR count). The molecule has 10 heteroatoms. The maximum atomic E-state index is 13.5. The Labute approximate surface area is 242 Å². The lowest BCUT2D eigenvalue weighted by atomic mass is 10.1. The van der Waals surface area contributed by atoms with Crippen LogP contribution in [-0.2, 0) is 4.79 Å². The van der Waals surface area contributed by atoms with E-state index in [4.69, 9.17) is 9.72 Å². The van der Waals surface area contributed by atoms with Crippen LogP contribution in [0.4, 0.5) is 5.69 Å². The van der Waals surface area contributed by atoms with Crippen LogP contribution in [0.3, 0.4) is 0 Å². The van der Waals surface area contributed by atoms with E-state index in [1.165, 1.54) is 47.3 Å². The summed E-state index contributed by atoms with van der Waals surface area (Å²) in [7, 11) is 0. The van der Waals surface area contributed by atoms with E-state index >= 15 is 0 Å². The van der Waals surface area contributed by atoms with Gasteiger partial charge >= 0.3 is 5.97 Å². The number of fused-ring (bicyclic) bond motifs is 1. The van der Waals surface area contributed by atoms with Crippen LogP contribution in [0.25, 0.3) is 28.4 Å². The van der Waals surface area contributed by atoms with Crippen LogP contribution in [0.2, 0.25) is 0 Å². The largest absolute Gasteiger partial charge is 0.423 e. The van der Waals surface area contributed by atoms with Crippen LogP contribution >= 0.6 is 15.9 Å². The van der Waals surface area contributed by atoms with Gasteiger partial charge in [-0.1, -0.05) is 57.9 Å². The molecule has 5 aromatic rings. The minimum Gasteiger partial charge on any atom is -0.423 e. The van der Waals surface area contributed by atoms with Crippen molar-refractivity contribution in [2.24, 2.45) is 5.10 Å². The Morgan fingerprint density at radius 1 is 1.02 bits per heavy atom. The summed E-state index contributed by atoms with van der Waals surface area (Å²) >= 11 is 3.43. The maximum absolute atomic E-state index is 13.5. The topological polar surface area (TPSA) is 117 Å². The molecule has 1 aromatic heterocycles. The molecular weight excluding hydrogens is 588 g/mol. The van der Waals surface area contributed by atoms with Crippen molar-refractivity contribution in [1.29, 1.82) is 0 Å². The smallest absolute Gasteiger partial charge is 0.336 e. The van der Waals surface area contributed by atoms with Crippen molar-refractivity contribution in [3.8, 4) is 17.1 Å². The number of halogens is 1. The number of hydrogen-bond donors (Lipinski definition) is 0. The molecule has 1 heterocycles. The molecule has 0 aliphatic carbocycles.